The van der Waals surface area contributed by atoms with Gasteiger partial charge in [-0.15, -0.1) is 0 Å². The Hall–Kier alpha value is -2.64. The normalized spacial score (nSPS) is 25.0. The molecule has 0 bridgehead atoms. The first kappa shape index (κ1) is 20.9. The van der Waals surface area contributed by atoms with Gasteiger partial charge in [-0.25, -0.2) is 4.98 Å². The molecule has 0 radical (unpaired) electrons. The van der Waals surface area contributed by atoms with E-state index in [9.17, 15) is 0 Å². The van der Waals surface area contributed by atoms with Crippen molar-refractivity contribution in [3.05, 3.63) is 48.0 Å². The van der Waals surface area contributed by atoms with E-state index in [1.54, 1.807) is 0 Å². The molecule has 1 N–H and O–H groups in total. The van der Waals surface area contributed by atoms with Crippen molar-refractivity contribution in [3.8, 4) is 5.75 Å². The van der Waals surface area contributed by atoms with Crippen molar-refractivity contribution in [2.75, 3.05) is 45.2 Å². The zero-order valence-corrected chi connectivity index (χ0v) is 19.7. The number of likely N-dealkylation sites (N-methyl/N-ethyl adjacent to an activating group) is 1. The first-order valence-corrected chi connectivity index (χ1v) is 12.4. The van der Waals surface area contributed by atoms with Crippen LogP contribution in [0.15, 0.2) is 36.5 Å². The zero-order chi connectivity index (χ0) is 22.4. The van der Waals surface area contributed by atoms with Crippen LogP contribution in [0.2, 0.25) is 0 Å². The maximum absolute atomic E-state index is 6.22. The van der Waals surface area contributed by atoms with Crippen molar-refractivity contribution in [1.82, 2.24) is 24.8 Å². The van der Waals surface area contributed by atoms with Gasteiger partial charge in [0, 0.05) is 32.4 Å². The van der Waals surface area contributed by atoms with Gasteiger partial charge in [0.15, 0.2) is 0 Å². The molecule has 2 aromatic heterocycles. The fourth-order valence-electron chi connectivity index (χ4n) is 5.40. The number of hydrogen-bond donors (Lipinski definition) is 1. The number of pyridine rings is 1. The SMILES string of the molecule is CN1CCN(c2cccc3[nH]c([C@H]4CCC[C@@H](c5ncccc5OC5CC5)N4C)nc23)CC1. The van der Waals surface area contributed by atoms with E-state index in [1.807, 2.05) is 12.3 Å². The highest BCUT2D eigenvalue weighted by molar-refractivity contribution is 5.89. The second-order valence-corrected chi connectivity index (χ2v) is 9.92. The summed E-state index contributed by atoms with van der Waals surface area (Å²) in [6.07, 6.45) is 7.94. The van der Waals surface area contributed by atoms with Crippen molar-refractivity contribution < 1.29 is 4.74 Å². The van der Waals surface area contributed by atoms with Crippen molar-refractivity contribution in [3.63, 3.8) is 0 Å². The molecule has 1 aromatic carbocycles. The average Bonchev–Trinajstić information content (AvgIpc) is 3.54. The van der Waals surface area contributed by atoms with Gasteiger partial charge in [-0.2, -0.15) is 0 Å². The minimum absolute atomic E-state index is 0.240. The largest absolute Gasteiger partial charge is 0.488 e. The van der Waals surface area contributed by atoms with Crippen LogP contribution >= 0.6 is 0 Å². The number of rotatable bonds is 5. The molecule has 3 aliphatic rings. The molecule has 1 aliphatic carbocycles. The number of imidazole rings is 1. The smallest absolute Gasteiger partial charge is 0.142 e. The summed E-state index contributed by atoms with van der Waals surface area (Å²) >= 11 is 0. The van der Waals surface area contributed by atoms with E-state index in [4.69, 9.17) is 14.7 Å². The van der Waals surface area contributed by atoms with Crippen LogP contribution in [0, 0.1) is 0 Å². The first-order chi connectivity index (χ1) is 16.2. The average molecular weight is 447 g/mol. The quantitative estimate of drug-likeness (QED) is 0.635. The third kappa shape index (κ3) is 4.08. The van der Waals surface area contributed by atoms with Crippen LogP contribution in [0.25, 0.3) is 11.0 Å². The molecular weight excluding hydrogens is 412 g/mol. The number of aromatic nitrogens is 3. The minimum atomic E-state index is 0.240. The third-order valence-corrected chi connectivity index (χ3v) is 7.54. The summed E-state index contributed by atoms with van der Waals surface area (Å²) in [6.45, 7) is 4.28. The van der Waals surface area contributed by atoms with Crippen molar-refractivity contribution in [2.45, 2.75) is 50.3 Å². The van der Waals surface area contributed by atoms with E-state index >= 15 is 0 Å². The number of fused-ring (bicyclic) bond motifs is 1. The molecule has 0 unspecified atom stereocenters. The van der Waals surface area contributed by atoms with Crippen LogP contribution < -0.4 is 9.64 Å². The number of nitrogens with zero attached hydrogens (tertiary/aromatic N) is 5. The number of H-pyrrole nitrogens is 1. The molecule has 2 atom stereocenters. The number of benzene rings is 1. The summed E-state index contributed by atoms with van der Waals surface area (Å²) in [5, 5.41) is 0. The van der Waals surface area contributed by atoms with Gasteiger partial charge in [0.1, 0.15) is 17.1 Å². The summed E-state index contributed by atoms with van der Waals surface area (Å²) in [4.78, 5) is 21.0. The Bertz CT molecular complexity index is 1120. The fraction of sp³-hybridized carbons (Fsp3) is 0.538. The topological polar surface area (TPSA) is 60.5 Å². The Kier molecular flexibility index (Phi) is 5.46. The summed E-state index contributed by atoms with van der Waals surface area (Å²) in [5.41, 5.74) is 4.56. The number of aromatic amines is 1. The Morgan fingerprint density at radius 2 is 1.76 bits per heavy atom. The lowest BCUT2D eigenvalue weighted by Crippen LogP contribution is -2.44. The second kappa shape index (κ2) is 8.61. The zero-order valence-electron chi connectivity index (χ0n) is 19.7. The number of piperazine rings is 1. The van der Waals surface area contributed by atoms with E-state index in [1.165, 1.54) is 5.69 Å². The van der Waals surface area contributed by atoms with E-state index in [-0.39, 0.29) is 12.1 Å². The van der Waals surface area contributed by atoms with Gasteiger partial charge >= 0.3 is 0 Å². The summed E-state index contributed by atoms with van der Waals surface area (Å²) in [5.74, 6) is 2.03. The number of likely N-dealkylation sites (tertiary alicyclic amines) is 1. The van der Waals surface area contributed by atoms with Crippen LogP contribution in [0.1, 0.15) is 55.7 Å². The fourth-order valence-corrected chi connectivity index (χ4v) is 5.40. The molecule has 0 spiro atoms. The third-order valence-electron chi connectivity index (χ3n) is 7.54. The highest BCUT2D eigenvalue weighted by atomic mass is 16.5. The molecular formula is C26H34N6O. The van der Waals surface area contributed by atoms with Gasteiger partial charge in [-0.3, -0.25) is 9.88 Å². The van der Waals surface area contributed by atoms with Crippen LogP contribution in [-0.4, -0.2) is 71.1 Å². The van der Waals surface area contributed by atoms with E-state index in [0.717, 1.165) is 86.6 Å². The van der Waals surface area contributed by atoms with Crippen LogP contribution in [0.3, 0.4) is 0 Å². The lowest BCUT2D eigenvalue weighted by Gasteiger charge is -2.38. The Morgan fingerprint density at radius 1 is 0.939 bits per heavy atom. The monoisotopic (exact) mass is 446 g/mol. The molecule has 3 aromatic rings. The van der Waals surface area contributed by atoms with E-state index in [2.05, 4.69) is 58.0 Å². The summed E-state index contributed by atoms with van der Waals surface area (Å²) < 4.78 is 6.22. The van der Waals surface area contributed by atoms with Gasteiger partial charge in [0.2, 0.25) is 0 Å². The minimum Gasteiger partial charge on any atom is -0.488 e. The maximum Gasteiger partial charge on any atom is 0.142 e. The number of ether oxygens (including phenoxy) is 1. The van der Waals surface area contributed by atoms with Crippen molar-refractivity contribution in [2.24, 2.45) is 0 Å². The lowest BCUT2D eigenvalue weighted by atomic mass is 9.93. The molecule has 7 heteroatoms. The molecule has 0 amide bonds. The molecule has 7 nitrogen and oxygen atoms in total. The number of hydrogen-bond acceptors (Lipinski definition) is 6. The van der Waals surface area contributed by atoms with Crippen LogP contribution in [0.4, 0.5) is 5.69 Å². The predicted molar refractivity (Wildman–Crippen MR) is 131 cm³/mol. The van der Waals surface area contributed by atoms with E-state index < -0.39 is 0 Å². The van der Waals surface area contributed by atoms with Gasteiger partial charge in [-0.1, -0.05) is 6.07 Å². The van der Waals surface area contributed by atoms with Gasteiger partial charge < -0.3 is 19.5 Å². The van der Waals surface area contributed by atoms with Gasteiger partial charge in [0.25, 0.3) is 0 Å². The van der Waals surface area contributed by atoms with Crippen LogP contribution in [-0.2, 0) is 0 Å². The van der Waals surface area contributed by atoms with Crippen molar-refractivity contribution in [1.29, 1.82) is 0 Å². The Labute approximate surface area is 195 Å². The lowest BCUT2D eigenvalue weighted by molar-refractivity contribution is 0.104. The molecule has 6 rings (SSSR count). The van der Waals surface area contributed by atoms with E-state index in [0.29, 0.717) is 6.10 Å². The Balaban J connectivity index is 1.29. The molecule has 2 aliphatic heterocycles. The summed E-state index contributed by atoms with van der Waals surface area (Å²) in [6, 6.07) is 11.1. The molecule has 4 heterocycles. The predicted octanol–water partition coefficient (Wildman–Crippen LogP) is 4.15. The molecule has 3 fully saturated rings. The Morgan fingerprint density at radius 3 is 2.58 bits per heavy atom. The highest BCUT2D eigenvalue weighted by Gasteiger charge is 2.35. The summed E-state index contributed by atoms with van der Waals surface area (Å²) in [7, 11) is 4.42. The van der Waals surface area contributed by atoms with Crippen LogP contribution in [0.5, 0.6) is 5.75 Å². The van der Waals surface area contributed by atoms with Gasteiger partial charge in [0.05, 0.1) is 35.1 Å². The highest BCUT2D eigenvalue weighted by Crippen LogP contribution is 2.43. The molecule has 33 heavy (non-hydrogen) atoms. The number of para-hydroxylation sites is 1. The standard InChI is InChI=1S/C26H34N6O/c1-30-14-16-32(17-15-30)21-8-3-6-19-24(21)29-26(28-19)22-9-4-7-20(31(22)2)25-23(10-5-13-27-25)33-18-11-12-18/h3,5-6,8,10,13,18,20,22H,4,7,9,11-12,14-17H2,1-2H3,(H,28,29)/t20-,22+/m0/s1. The second-order valence-electron chi connectivity index (χ2n) is 9.92. The number of nitrogens with one attached hydrogen (secondary N) is 1. The first-order valence-electron chi connectivity index (χ1n) is 12.4. The molecule has 2 saturated heterocycles. The number of anilines is 1. The van der Waals surface area contributed by atoms with Crippen molar-refractivity contribution >= 4 is 16.7 Å². The molecule has 174 valence electrons. The maximum atomic E-state index is 6.22. The number of piperidine rings is 1. The van der Waals surface area contributed by atoms with Gasteiger partial charge in [-0.05, 0) is 70.5 Å². The molecule has 1 saturated carbocycles.